The summed E-state index contributed by atoms with van der Waals surface area (Å²) in [4.78, 5) is 14.4. The van der Waals surface area contributed by atoms with E-state index in [1.807, 2.05) is 23.1 Å². The van der Waals surface area contributed by atoms with Crippen molar-refractivity contribution in [3.63, 3.8) is 0 Å². The second-order valence-electron chi connectivity index (χ2n) is 5.58. The van der Waals surface area contributed by atoms with Crippen molar-refractivity contribution in [1.82, 2.24) is 4.90 Å². The van der Waals surface area contributed by atoms with E-state index < -0.39 is 0 Å². The van der Waals surface area contributed by atoms with Gasteiger partial charge in [0.05, 0.1) is 17.7 Å². The Balaban J connectivity index is 1.62. The standard InChI is InChI=1S/C19H18N2O2/c20-13-15-8-10-17(11-9-15)23-14-19(22)21-12-4-7-18(21)16-5-2-1-3-6-16/h1-3,5-6,8-11,18H,4,7,12,14H2/t18-/m1/s1. The normalized spacial score (nSPS) is 16.8. The first-order valence-corrected chi connectivity index (χ1v) is 7.75. The van der Waals surface area contributed by atoms with E-state index in [1.165, 1.54) is 5.56 Å². The van der Waals surface area contributed by atoms with Crippen molar-refractivity contribution in [1.29, 1.82) is 5.26 Å². The molecule has 23 heavy (non-hydrogen) atoms. The molecule has 0 radical (unpaired) electrons. The molecule has 2 aromatic rings. The number of benzene rings is 2. The van der Waals surface area contributed by atoms with Gasteiger partial charge in [-0.1, -0.05) is 30.3 Å². The van der Waals surface area contributed by atoms with Gasteiger partial charge in [0.1, 0.15) is 5.75 Å². The van der Waals surface area contributed by atoms with Gasteiger partial charge in [-0.3, -0.25) is 4.79 Å². The van der Waals surface area contributed by atoms with Crippen molar-refractivity contribution in [3.05, 3.63) is 65.7 Å². The molecule has 4 heteroatoms. The fourth-order valence-electron chi connectivity index (χ4n) is 2.94. The Hall–Kier alpha value is -2.80. The van der Waals surface area contributed by atoms with Crippen molar-refractivity contribution < 1.29 is 9.53 Å². The number of hydrogen-bond donors (Lipinski definition) is 0. The zero-order valence-electron chi connectivity index (χ0n) is 12.8. The Kier molecular flexibility index (Phi) is 4.58. The van der Waals surface area contributed by atoms with Gasteiger partial charge < -0.3 is 9.64 Å². The van der Waals surface area contributed by atoms with Crippen LogP contribution in [0.3, 0.4) is 0 Å². The van der Waals surface area contributed by atoms with E-state index in [0.717, 1.165) is 19.4 Å². The smallest absolute Gasteiger partial charge is 0.261 e. The molecule has 0 bridgehead atoms. The molecule has 1 aliphatic heterocycles. The molecule has 0 aromatic heterocycles. The molecule has 0 N–H and O–H groups in total. The Morgan fingerprint density at radius 1 is 1.17 bits per heavy atom. The molecule has 1 heterocycles. The van der Waals surface area contributed by atoms with Gasteiger partial charge in [0.25, 0.3) is 5.91 Å². The molecule has 4 nitrogen and oxygen atoms in total. The molecule has 0 saturated carbocycles. The van der Waals surface area contributed by atoms with Crippen molar-refractivity contribution in [3.8, 4) is 11.8 Å². The van der Waals surface area contributed by atoms with Crippen LogP contribution in [0.4, 0.5) is 0 Å². The van der Waals surface area contributed by atoms with Crippen molar-refractivity contribution >= 4 is 5.91 Å². The highest BCUT2D eigenvalue weighted by atomic mass is 16.5. The number of rotatable bonds is 4. The SMILES string of the molecule is N#Cc1ccc(OCC(=O)N2CCC[C@@H]2c2ccccc2)cc1. The highest BCUT2D eigenvalue weighted by Crippen LogP contribution is 2.31. The van der Waals surface area contributed by atoms with Gasteiger partial charge >= 0.3 is 0 Å². The lowest BCUT2D eigenvalue weighted by molar-refractivity contribution is -0.134. The molecule has 1 saturated heterocycles. The van der Waals surface area contributed by atoms with Gasteiger partial charge in [-0.15, -0.1) is 0 Å². The molecule has 1 aliphatic rings. The van der Waals surface area contributed by atoms with E-state index >= 15 is 0 Å². The molecule has 116 valence electrons. The van der Waals surface area contributed by atoms with Gasteiger partial charge in [0, 0.05) is 6.54 Å². The van der Waals surface area contributed by atoms with Gasteiger partial charge in [-0.25, -0.2) is 0 Å². The van der Waals surface area contributed by atoms with Crippen LogP contribution in [0.15, 0.2) is 54.6 Å². The number of likely N-dealkylation sites (tertiary alicyclic amines) is 1. The van der Waals surface area contributed by atoms with Crippen molar-refractivity contribution in [2.24, 2.45) is 0 Å². The lowest BCUT2D eigenvalue weighted by Crippen LogP contribution is -2.34. The first-order valence-electron chi connectivity index (χ1n) is 7.75. The van der Waals surface area contributed by atoms with Crippen LogP contribution in [-0.4, -0.2) is 24.0 Å². The maximum Gasteiger partial charge on any atom is 0.261 e. The highest BCUT2D eigenvalue weighted by Gasteiger charge is 2.29. The molecule has 1 amide bonds. The molecule has 0 unspecified atom stereocenters. The van der Waals surface area contributed by atoms with Crippen LogP contribution in [0.25, 0.3) is 0 Å². The summed E-state index contributed by atoms with van der Waals surface area (Å²) in [6.45, 7) is 0.796. The third kappa shape index (κ3) is 3.51. The largest absolute Gasteiger partial charge is 0.484 e. The Morgan fingerprint density at radius 2 is 1.91 bits per heavy atom. The Morgan fingerprint density at radius 3 is 2.61 bits per heavy atom. The monoisotopic (exact) mass is 306 g/mol. The molecule has 1 atom stereocenters. The fraction of sp³-hybridized carbons (Fsp3) is 0.263. The van der Waals surface area contributed by atoms with Crippen molar-refractivity contribution in [2.45, 2.75) is 18.9 Å². The minimum atomic E-state index is 0.000660. The summed E-state index contributed by atoms with van der Waals surface area (Å²) in [6.07, 6.45) is 2.01. The van der Waals surface area contributed by atoms with Crippen LogP contribution in [0.5, 0.6) is 5.75 Å². The zero-order chi connectivity index (χ0) is 16.1. The van der Waals surface area contributed by atoms with E-state index in [1.54, 1.807) is 24.3 Å². The van der Waals surface area contributed by atoms with E-state index in [4.69, 9.17) is 10.00 Å². The number of hydrogen-bond acceptors (Lipinski definition) is 3. The van der Waals surface area contributed by atoms with E-state index in [9.17, 15) is 4.79 Å². The topological polar surface area (TPSA) is 53.3 Å². The summed E-state index contributed by atoms with van der Waals surface area (Å²) in [6, 6.07) is 19.1. The molecule has 0 aliphatic carbocycles. The summed E-state index contributed by atoms with van der Waals surface area (Å²) < 4.78 is 5.56. The fourth-order valence-corrected chi connectivity index (χ4v) is 2.94. The van der Waals surface area contributed by atoms with Crippen molar-refractivity contribution in [2.75, 3.05) is 13.2 Å². The van der Waals surface area contributed by atoms with Crippen LogP contribution in [0.2, 0.25) is 0 Å². The predicted molar refractivity (Wildman–Crippen MR) is 86.8 cm³/mol. The second-order valence-corrected chi connectivity index (χ2v) is 5.58. The summed E-state index contributed by atoms with van der Waals surface area (Å²) in [7, 11) is 0. The first-order chi connectivity index (χ1) is 11.3. The third-order valence-corrected chi connectivity index (χ3v) is 4.10. The molecule has 2 aromatic carbocycles. The van der Waals surface area contributed by atoms with Crippen LogP contribution in [0, 0.1) is 11.3 Å². The number of ether oxygens (including phenoxy) is 1. The first kappa shape index (κ1) is 15.1. The van der Waals surface area contributed by atoms with E-state index in [0.29, 0.717) is 11.3 Å². The zero-order valence-corrected chi connectivity index (χ0v) is 12.8. The van der Waals surface area contributed by atoms with Gasteiger partial charge in [-0.05, 0) is 42.7 Å². The number of carbonyl (C=O) groups excluding carboxylic acids is 1. The summed E-state index contributed by atoms with van der Waals surface area (Å²) in [5.74, 6) is 0.605. The van der Waals surface area contributed by atoms with E-state index in [-0.39, 0.29) is 18.6 Å². The quantitative estimate of drug-likeness (QED) is 0.871. The number of carbonyl (C=O) groups is 1. The van der Waals surface area contributed by atoms with Crippen LogP contribution in [-0.2, 0) is 4.79 Å². The average Bonchev–Trinajstić information content (AvgIpc) is 3.11. The average molecular weight is 306 g/mol. The molecule has 3 rings (SSSR count). The summed E-state index contributed by atoms with van der Waals surface area (Å²) in [5.41, 5.74) is 1.75. The van der Waals surface area contributed by atoms with E-state index in [2.05, 4.69) is 18.2 Å². The number of nitrogens with zero attached hydrogens (tertiary/aromatic N) is 2. The van der Waals surface area contributed by atoms with Crippen LogP contribution >= 0.6 is 0 Å². The molecule has 0 spiro atoms. The minimum absolute atomic E-state index is 0.000660. The summed E-state index contributed by atoms with van der Waals surface area (Å²) >= 11 is 0. The Bertz CT molecular complexity index is 704. The maximum atomic E-state index is 12.5. The second kappa shape index (κ2) is 6.97. The number of nitriles is 1. The Labute approximate surface area is 135 Å². The third-order valence-electron chi connectivity index (χ3n) is 4.10. The summed E-state index contributed by atoms with van der Waals surface area (Å²) in [5, 5.41) is 8.78. The lowest BCUT2D eigenvalue weighted by Gasteiger charge is -2.25. The minimum Gasteiger partial charge on any atom is -0.484 e. The number of amides is 1. The van der Waals surface area contributed by atoms with Gasteiger partial charge in [0.15, 0.2) is 6.61 Å². The molecular formula is C19H18N2O2. The maximum absolute atomic E-state index is 12.5. The molecule has 1 fully saturated rings. The highest BCUT2D eigenvalue weighted by molar-refractivity contribution is 5.78. The van der Waals surface area contributed by atoms with Gasteiger partial charge in [0.2, 0.25) is 0 Å². The van der Waals surface area contributed by atoms with Crippen LogP contribution < -0.4 is 4.74 Å². The van der Waals surface area contributed by atoms with Gasteiger partial charge in [-0.2, -0.15) is 5.26 Å². The van der Waals surface area contributed by atoms with Crippen LogP contribution in [0.1, 0.15) is 30.0 Å². The lowest BCUT2D eigenvalue weighted by atomic mass is 10.0. The predicted octanol–water partition coefficient (Wildman–Crippen LogP) is 3.30. The molecular weight excluding hydrogens is 288 g/mol.